The number of halogens is 2. The van der Waals surface area contributed by atoms with Crippen LogP contribution >= 0.6 is 11.6 Å². The van der Waals surface area contributed by atoms with E-state index in [9.17, 15) is 14.3 Å². The molecule has 0 amide bonds. The number of nitrogens with zero attached hydrogens (tertiary/aromatic N) is 5. The number of hydrogen-bond donors (Lipinski definition) is 2. The number of carboxylic acid groups (broad SMARTS) is 1. The van der Waals surface area contributed by atoms with Crippen LogP contribution in [-0.4, -0.2) is 94.5 Å². The van der Waals surface area contributed by atoms with Gasteiger partial charge >= 0.3 is 5.97 Å². The van der Waals surface area contributed by atoms with Crippen molar-refractivity contribution < 1.29 is 23.8 Å². The zero-order valence-electron chi connectivity index (χ0n) is 27.7. The molecule has 1 aliphatic carbocycles. The molecule has 2 N–H and O–H groups in total. The Balaban J connectivity index is 1.19. The Hall–Kier alpha value is -4.71. The highest BCUT2D eigenvalue weighted by Crippen LogP contribution is 2.45. The number of carbonyl (C=O) groups is 1. The van der Waals surface area contributed by atoms with E-state index in [0.717, 1.165) is 72.7 Å². The van der Waals surface area contributed by atoms with Gasteiger partial charge in [0.05, 0.1) is 11.6 Å². The van der Waals surface area contributed by atoms with Crippen LogP contribution in [0.25, 0.3) is 37.8 Å². The van der Waals surface area contributed by atoms with Crippen molar-refractivity contribution >= 4 is 61.2 Å². The van der Waals surface area contributed by atoms with Gasteiger partial charge in [-0.05, 0) is 77.9 Å². The molecule has 0 unspecified atom stereocenters. The van der Waals surface area contributed by atoms with Gasteiger partial charge in [-0.15, -0.1) is 0 Å². The first-order chi connectivity index (χ1) is 24.3. The number of piperazine rings is 1. The second-order valence-corrected chi connectivity index (χ2v) is 13.8. The lowest BCUT2D eigenvalue weighted by molar-refractivity contribution is -0.137. The molecule has 0 bridgehead atoms. The van der Waals surface area contributed by atoms with Crippen molar-refractivity contribution in [1.82, 2.24) is 24.4 Å². The molecule has 12 heteroatoms. The molecule has 4 aromatic carbocycles. The van der Waals surface area contributed by atoms with Crippen LogP contribution in [0, 0.1) is 11.7 Å². The Bertz CT molecular complexity index is 2230. The number of hydrogen-bond acceptors (Lipinski definition) is 8. The van der Waals surface area contributed by atoms with Gasteiger partial charge in [0.25, 0.3) is 0 Å². The molecule has 1 aliphatic heterocycles. The second kappa shape index (κ2) is 13.5. The molecule has 2 aliphatic rings. The fourth-order valence-electron chi connectivity index (χ4n) is 6.94. The Morgan fingerprint density at radius 2 is 1.80 bits per heavy atom. The number of aromatic nitrogens is 3. The molecule has 8 rings (SSSR count). The van der Waals surface area contributed by atoms with E-state index in [1.165, 1.54) is 18.5 Å². The molecular weight excluding hydrogens is 659 g/mol. The molecule has 10 nitrogen and oxygen atoms in total. The fraction of sp³-hybridized carbons (Fsp3) is 0.342. The van der Waals surface area contributed by atoms with E-state index < -0.39 is 12.0 Å². The molecule has 50 heavy (non-hydrogen) atoms. The molecule has 258 valence electrons. The van der Waals surface area contributed by atoms with Crippen molar-refractivity contribution in [3.8, 4) is 11.5 Å². The van der Waals surface area contributed by atoms with Crippen molar-refractivity contribution in [1.29, 1.82) is 0 Å². The Labute approximate surface area is 293 Å². The van der Waals surface area contributed by atoms with Crippen LogP contribution in [0.5, 0.6) is 11.5 Å². The van der Waals surface area contributed by atoms with Crippen LogP contribution in [0.4, 0.5) is 10.2 Å². The highest BCUT2D eigenvalue weighted by molar-refractivity contribution is 6.43. The first kappa shape index (κ1) is 32.5. The van der Waals surface area contributed by atoms with E-state index in [2.05, 4.69) is 32.2 Å². The average Bonchev–Trinajstić information content (AvgIpc) is 3.86. The standard InChI is InChI=1S/C38H38ClFN6O4/c1-44-12-14-45(15-13-44)16-17-49-32-11-10-27-33(35(32)39)28-19-25(40)8-9-26(28)29-20-46-36(34(27)29)37(41-22-42-46)43-30(38(47)48)18-24-4-2-3-5-31(24)50-21-23-6-7-23/h2-5,8-11,19-20,22-23,30H,6-7,12-18,21H2,1H3,(H,47,48)(H,41,42,43)/t30-/m1/s1. The summed E-state index contributed by atoms with van der Waals surface area (Å²) in [7, 11) is 2.13. The predicted molar refractivity (Wildman–Crippen MR) is 193 cm³/mol. The number of rotatable bonds is 12. The van der Waals surface area contributed by atoms with Crippen molar-refractivity contribution in [2.24, 2.45) is 5.92 Å². The first-order valence-corrected chi connectivity index (χ1v) is 17.4. The van der Waals surface area contributed by atoms with Gasteiger partial charge < -0.3 is 24.8 Å². The monoisotopic (exact) mass is 696 g/mol. The normalized spacial score (nSPS) is 16.4. The van der Waals surface area contributed by atoms with Crippen molar-refractivity contribution in [2.75, 3.05) is 58.3 Å². The molecule has 1 saturated heterocycles. The first-order valence-electron chi connectivity index (χ1n) is 17.1. The molecule has 0 radical (unpaired) electrons. The van der Waals surface area contributed by atoms with Crippen LogP contribution in [-0.2, 0) is 11.2 Å². The number of aliphatic carboxylic acids is 1. The number of fused-ring (bicyclic) bond motifs is 8. The van der Waals surface area contributed by atoms with Crippen molar-refractivity contribution in [2.45, 2.75) is 25.3 Å². The molecule has 6 aromatic rings. The van der Waals surface area contributed by atoms with Crippen molar-refractivity contribution in [3.63, 3.8) is 0 Å². The lowest BCUT2D eigenvalue weighted by atomic mass is 9.95. The quantitative estimate of drug-likeness (QED) is 0.139. The number of benzene rings is 4. The summed E-state index contributed by atoms with van der Waals surface area (Å²) < 4.78 is 28.8. The largest absolute Gasteiger partial charge is 0.493 e. The van der Waals surface area contributed by atoms with Crippen LogP contribution < -0.4 is 14.8 Å². The highest BCUT2D eigenvalue weighted by atomic mass is 35.5. The van der Waals surface area contributed by atoms with Crippen LogP contribution in [0.2, 0.25) is 5.02 Å². The number of anilines is 1. The van der Waals surface area contributed by atoms with Crippen LogP contribution in [0.3, 0.4) is 0 Å². The number of ether oxygens (including phenoxy) is 2. The number of nitrogens with one attached hydrogen (secondary N) is 1. The van der Waals surface area contributed by atoms with E-state index in [1.807, 2.05) is 42.6 Å². The molecule has 2 aromatic heterocycles. The number of para-hydroxylation sites is 1. The van der Waals surface area contributed by atoms with Gasteiger partial charge in [-0.1, -0.05) is 35.9 Å². The Kier molecular flexibility index (Phi) is 8.80. The van der Waals surface area contributed by atoms with Gasteiger partial charge in [0, 0.05) is 61.5 Å². The third-order valence-corrected chi connectivity index (χ3v) is 10.3. The van der Waals surface area contributed by atoms with Gasteiger partial charge in [0.15, 0.2) is 5.82 Å². The minimum atomic E-state index is -1.03. The van der Waals surface area contributed by atoms with Gasteiger partial charge in [-0.25, -0.2) is 18.7 Å². The van der Waals surface area contributed by atoms with E-state index in [1.54, 1.807) is 10.6 Å². The maximum atomic E-state index is 14.8. The molecule has 1 atom stereocenters. The second-order valence-electron chi connectivity index (χ2n) is 13.4. The minimum Gasteiger partial charge on any atom is -0.493 e. The smallest absolute Gasteiger partial charge is 0.326 e. The molecule has 0 spiro atoms. The molecular formula is C38H38ClFN6O4. The van der Waals surface area contributed by atoms with Gasteiger partial charge in [0.2, 0.25) is 0 Å². The zero-order valence-corrected chi connectivity index (χ0v) is 28.5. The zero-order chi connectivity index (χ0) is 34.4. The maximum absolute atomic E-state index is 14.8. The van der Waals surface area contributed by atoms with E-state index in [-0.39, 0.29) is 12.2 Å². The van der Waals surface area contributed by atoms with E-state index in [4.69, 9.17) is 21.1 Å². The third kappa shape index (κ3) is 6.36. The summed E-state index contributed by atoms with van der Waals surface area (Å²) in [5, 5.41) is 22.9. The Morgan fingerprint density at radius 1 is 1.00 bits per heavy atom. The van der Waals surface area contributed by atoms with E-state index >= 15 is 0 Å². The van der Waals surface area contributed by atoms with E-state index in [0.29, 0.717) is 57.8 Å². The van der Waals surface area contributed by atoms with Crippen molar-refractivity contribution in [3.05, 3.63) is 83.5 Å². The summed E-state index contributed by atoms with van der Waals surface area (Å²) in [6.45, 7) is 5.87. The summed E-state index contributed by atoms with van der Waals surface area (Å²) in [5.74, 6) is 0.715. The lowest BCUT2D eigenvalue weighted by Crippen LogP contribution is -2.45. The van der Waals surface area contributed by atoms with Crippen LogP contribution in [0.15, 0.2) is 67.1 Å². The predicted octanol–water partition coefficient (Wildman–Crippen LogP) is 6.50. The maximum Gasteiger partial charge on any atom is 0.326 e. The summed E-state index contributed by atoms with van der Waals surface area (Å²) in [6.07, 6.45) is 5.75. The fourth-order valence-corrected chi connectivity index (χ4v) is 7.26. The third-order valence-electron chi connectivity index (χ3n) is 9.93. The number of carboxylic acids is 1. The van der Waals surface area contributed by atoms with Crippen LogP contribution in [0.1, 0.15) is 18.4 Å². The van der Waals surface area contributed by atoms with Gasteiger partial charge in [-0.2, -0.15) is 5.10 Å². The average molecular weight is 697 g/mol. The summed E-state index contributed by atoms with van der Waals surface area (Å²) in [6, 6.07) is 15.0. The molecule has 1 saturated carbocycles. The van der Waals surface area contributed by atoms with Gasteiger partial charge in [-0.3, -0.25) is 4.90 Å². The highest BCUT2D eigenvalue weighted by Gasteiger charge is 2.26. The summed E-state index contributed by atoms with van der Waals surface area (Å²) in [5.41, 5.74) is 1.38. The summed E-state index contributed by atoms with van der Waals surface area (Å²) in [4.78, 5) is 21.9. The van der Waals surface area contributed by atoms with Gasteiger partial charge in [0.1, 0.15) is 41.8 Å². The molecule has 2 fully saturated rings. The summed E-state index contributed by atoms with van der Waals surface area (Å²) >= 11 is 7.14. The minimum absolute atomic E-state index is 0.175. The lowest BCUT2D eigenvalue weighted by Gasteiger charge is -2.32. The molecule has 3 heterocycles. The topological polar surface area (TPSA) is 104 Å². The number of likely N-dealkylation sites (N-methyl/N-ethyl adjacent to an activating group) is 1. The Morgan fingerprint density at radius 3 is 2.60 bits per heavy atom. The SMILES string of the molecule is CN1CCN(CCOc2ccc3c(c2Cl)c2cc(F)ccc2c2cn4ncnc(N[C@H](Cc5ccccc5OCC5CC5)C(=O)O)c4c23)CC1.